The van der Waals surface area contributed by atoms with Crippen molar-refractivity contribution < 1.29 is 23.4 Å². The lowest BCUT2D eigenvalue weighted by Crippen LogP contribution is -2.48. The summed E-state index contributed by atoms with van der Waals surface area (Å²) < 4.78 is 30.5. The maximum absolute atomic E-state index is 13.5. The number of ether oxygens (including phenoxy) is 3. The van der Waals surface area contributed by atoms with E-state index in [4.69, 9.17) is 14.2 Å². The number of likely N-dealkylation sites (tertiary alicyclic amines) is 1. The molecule has 196 valence electrons. The van der Waals surface area contributed by atoms with Gasteiger partial charge in [0.2, 0.25) is 5.91 Å². The third-order valence-electron chi connectivity index (χ3n) is 6.89. The van der Waals surface area contributed by atoms with Gasteiger partial charge in [-0.1, -0.05) is 24.3 Å². The Bertz CT molecular complexity index is 937. The van der Waals surface area contributed by atoms with Gasteiger partial charge >= 0.3 is 0 Å². The van der Waals surface area contributed by atoms with E-state index in [0.29, 0.717) is 32.8 Å². The molecule has 0 spiro atoms. The van der Waals surface area contributed by atoms with Gasteiger partial charge in [-0.05, 0) is 68.5 Å². The highest BCUT2D eigenvalue weighted by Gasteiger charge is 2.28. The first kappa shape index (κ1) is 26.6. The van der Waals surface area contributed by atoms with Gasteiger partial charge in [0.25, 0.3) is 0 Å². The minimum absolute atomic E-state index is 0.100. The van der Waals surface area contributed by atoms with Crippen molar-refractivity contribution in [1.29, 1.82) is 0 Å². The molecule has 1 amide bonds. The summed E-state index contributed by atoms with van der Waals surface area (Å²) in [5.74, 6) is 0.644. The van der Waals surface area contributed by atoms with E-state index in [1.807, 2.05) is 43.0 Å². The molecule has 1 unspecified atom stereocenters. The van der Waals surface area contributed by atoms with Crippen molar-refractivity contribution >= 4 is 5.91 Å². The van der Waals surface area contributed by atoms with Gasteiger partial charge in [0.15, 0.2) is 0 Å². The molecule has 0 radical (unpaired) electrons. The van der Waals surface area contributed by atoms with E-state index < -0.39 is 0 Å². The second kappa shape index (κ2) is 13.2. The predicted octanol–water partition coefficient (Wildman–Crippen LogP) is 4.45. The minimum Gasteiger partial charge on any atom is -0.491 e. The highest BCUT2D eigenvalue weighted by molar-refractivity contribution is 5.79. The average molecular weight is 499 g/mol. The fourth-order valence-electron chi connectivity index (χ4n) is 4.93. The molecule has 2 aromatic carbocycles. The van der Waals surface area contributed by atoms with Crippen LogP contribution in [-0.4, -0.2) is 73.4 Å². The molecule has 7 heteroatoms. The number of benzene rings is 2. The van der Waals surface area contributed by atoms with E-state index in [1.54, 1.807) is 12.1 Å². The number of hydrogen-bond acceptors (Lipinski definition) is 5. The molecule has 2 fully saturated rings. The maximum atomic E-state index is 13.5. The first-order valence-electron chi connectivity index (χ1n) is 13.2. The molecule has 36 heavy (non-hydrogen) atoms. The molecular weight excluding hydrogens is 459 g/mol. The molecule has 6 nitrogen and oxygen atoms in total. The second-order valence-corrected chi connectivity index (χ2v) is 10.1. The number of carbonyl (C=O) groups is 1. The predicted molar refractivity (Wildman–Crippen MR) is 137 cm³/mol. The SMILES string of the molecule is CC(C)Oc1ccc(CC(=O)N(Cc2ccc(F)cc2)C2CCN(CCC3COCCO3)CC2)cc1. The zero-order valence-corrected chi connectivity index (χ0v) is 21.5. The normalized spacial score (nSPS) is 19.4. The van der Waals surface area contributed by atoms with Crippen LogP contribution in [0.2, 0.25) is 0 Å². The fraction of sp³-hybridized carbons (Fsp3) is 0.552. The smallest absolute Gasteiger partial charge is 0.227 e. The van der Waals surface area contributed by atoms with E-state index in [-0.39, 0.29) is 30.0 Å². The van der Waals surface area contributed by atoms with Gasteiger partial charge in [0.1, 0.15) is 11.6 Å². The third kappa shape index (κ3) is 8.02. The molecule has 2 saturated heterocycles. The molecule has 0 aliphatic carbocycles. The van der Waals surface area contributed by atoms with Crippen molar-refractivity contribution in [3.63, 3.8) is 0 Å². The van der Waals surface area contributed by atoms with Crippen molar-refractivity contribution in [2.45, 2.75) is 64.3 Å². The lowest BCUT2D eigenvalue weighted by Gasteiger charge is -2.39. The first-order valence-corrected chi connectivity index (χ1v) is 13.2. The molecule has 1 atom stereocenters. The molecule has 2 aromatic rings. The van der Waals surface area contributed by atoms with Crippen molar-refractivity contribution in [2.75, 3.05) is 39.5 Å². The quantitative estimate of drug-likeness (QED) is 0.484. The van der Waals surface area contributed by atoms with E-state index >= 15 is 0 Å². The summed E-state index contributed by atoms with van der Waals surface area (Å²) in [4.78, 5) is 18.0. The Morgan fingerprint density at radius 3 is 2.39 bits per heavy atom. The van der Waals surface area contributed by atoms with Crippen molar-refractivity contribution in [2.24, 2.45) is 0 Å². The van der Waals surface area contributed by atoms with Crippen LogP contribution in [0.3, 0.4) is 0 Å². The largest absolute Gasteiger partial charge is 0.491 e. The lowest BCUT2D eigenvalue weighted by molar-refractivity contribution is -0.134. The molecule has 0 N–H and O–H groups in total. The number of hydrogen-bond donors (Lipinski definition) is 0. The van der Waals surface area contributed by atoms with E-state index in [2.05, 4.69) is 4.90 Å². The Kier molecular flexibility index (Phi) is 9.73. The van der Waals surface area contributed by atoms with Crippen molar-refractivity contribution in [3.8, 4) is 5.75 Å². The van der Waals surface area contributed by atoms with E-state index in [1.165, 1.54) is 12.1 Å². The zero-order valence-electron chi connectivity index (χ0n) is 21.5. The Morgan fingerprint density at radius 1 is 1.06 bits per heavy atom. The van der Waals surface area contributed by atoms with Gasteiger partial charge in [-0.2, -0.15) is 0 Å². The summed E-state index contributed by atoms with van der Waals surface area (Å²) in [6.45, 7) is 9.42. The summed E-state index contributed by atoms with van der Waals surface area (Å²) >= 11 is 0. The average Bonchev–Trinajstić information content (AvgIpc) is 2.89. The number of piperidine rings is 1. The van der Waals surface area contributed by atoms with Crippen LogP contribution in [0, 0.1) is 5.82 Å². The van der Waals surface area contributed by atoms with Gasteiger partial charge in [-0.25, -0.2) is 4.39 Å². The van der Waals surface area contributed by atoms with Crippen LogP contribution in [0.1, 0.15) is 44.2 Å². The first-order chi connectivity index (χ1) is 17.5. The summed E-state index contributed by atoms with van der Waals surface area (Å²) in [6, 6.07) is 14.4. The van der Waals surface area contributed by atoms with Crippen LogP contribution in [0.4, 0.5) is 4.39 Å². The molecule has 0 bridgehead atoms. The summed E-state index contributed by atoms with van der Waals surface area (Å²) in [7, 11) is 0. The van der Waals surface area contributed by atoms with E-state index in [0.717, 1.165) is 55.8 Å². The zero-order chi connectivity index (χ0) is 25.3. The fourth-order valence-corrected chi connectivity index (χ4v) is 4.93. The maximum Gasteiger partial charge on any atom is 0.227 e. The number of halogens is 1. The van der Waals surface area contributed by atoms with Crippen LogP contribution in [0.15, 0.2) is 48.5 Å². The van der Waals surface area contributed by atoms with Crippen LogP contribution in [0.5, 0.6) is 5.75 Å². The molecule has 0 aromatic heterocycles. The minimum atomic E-state index is -0.263. The molecule has 2 heterocycles. The topological polar surface area (TPSA) is 51.2 Å². The van der Waals surface area contributed by atoms with Crippen LogP contribution >= 0.6 is 0 Å². The van der Waals surface area contributed by atoms with Gasteiger partial charge in [0, 0.05) is 32.2 Å². The Hall–Kier alpha value is -2.48. The monoisotopic (exact) mass is 498 g/mol. The molecule has 0 saturated carbocycles. The van der Waals surface area contributed by atoms with Crippen LogP contribution < -0.4 is 4.74 Å². The number of carbonyl (C=O) groups excluding carboxylic acids is 1. The van der Waals surface area contributed by atoms with Gasteiger partial charge in [-0.3, -0.25) is 4.79 Å². The highest BCUT2D eigenvalue weighted by Crippen LogP contribution is 2.22. The van der Waals surface area contributed by atoms with Gasteiger partial charge in [0.05, 0.1) is 38.4 Å². The number of rotatable bonds is 10. The number of nitrogens with zero attached hydrogens (tertiary/aromatic N) is 2. The Balaban J connectivity index is 1.36. The summed E-state index contributed by atoms with van der Waals surface area (Å²) in [5, 5.41) is 0. The highest BCUT2D eigenvalue weighted by atomic mass is 19.1. The van der Waals surface area contributed by atoms with Gasteiger partial charge in [-0.15, -0.1) is 0 Å². The third-order valence-corrected chi connectivity index (χ3v) is 6.89. The van der Waals surface area contributed by atoms with Crippen molar-refractivity contribution in [3.05, 3.63) is 65.5 Å². The van der Waals surface area contributed by atoms with E-state index in [9.17, 15) is 9.18 Å². The Morgan fingerprint density at radius 2 is 1.75 bits per heavy atom. The molecule has 2 aliphatic heterocycles. The summed E-state index contributed by atoms with van der Waals surface area (Å²) in [6.07, 6.45) is 3.46. The van der Waals surface area contributed by atoms with Gasteiger partial charge < -0.3 is 24.0 Å². The number of amides is 1. The van der Waals surface area contributed by atoms with Crippen molar-refractivity contribution in [1.82, 2.24) is 9.80 Å². The second-order valence-electron chi connectivity index (χ2n) is 10.1. The molecular formula is C29H39FN2O4. The lowest BCUT2D eigenvalue weighted by atomic mass is 10.00. The molecule has 4 rings (SSSR count). The van der Waals surface area contributed by atoms with Crippen LogP contribution in [0.25, 0.3) is 0 Å². The standard InChI is InChI=1S/C29H39FN2O4/c1-22(2)36-27-9-5-23(6-10-27)19-29(33)32(20-24-3-7-25(30)8-4-24)26-11-14-31(15-12-26)16-13-28-21-34-17-18-35-28/h3-10,22,26,28H,11-21H2,1-2H3. The Labute approximate surface area is 214 Å². The summed E-state index contributed by atoms with van der Waals surface area (Å²) in [5.41, 5.74) is 1.91. The molecule has 2 aliphatic rings. The van der Waals surface area contributed by atoms with Crippen LogP contribution in [-0.2, 0) is 27.2 Å².